The van der Waals surface area contributed by atoms with Gasteiger partial charge in [-0.15, -0.1) is 0 Å². The molecule has 3 rings (SSSR count). The number of halogens is 1. The normalized spacial score (nSPS) is 10.9. The zero-order chi connectivity index (χ0) is 16.9. The van der Waals surface area contributed by atoms with Crippen LogP contribution in [0.4, 0.5) is 0 Å². The lowest BCUT2D eigenvalue weighted by Gasteiger charge is -2.03. The lowest BCUT2D eigenvalue weighted by molar-refractivity contribution is 0.0955. The number of methoxy groups -OCH3 is 1. The summed E-state index contributed by atoms with van der Waals surface area (Å²) in [5.74, 6) is 0.364. The molecule has 0 atom stereocenters. The molecule has 1 N–H and O–H groups in total. The number of ether oxygens (including phenoxy) is 1. The van der Waals surface area contributed by atoms with Gasteiger partial charge in [-0.2, -0.15) is 5.10 Å². The lowest BCUT2D eigenvalue weighted by Crippen LogP contribution is -2.17. The van der Waals surface area contributed by atoms with Crippen molar-refractivity contribution in [3.63, 3.8) is 0 Å². The molecule has 1 heterocycles. The van der Waals surface area contributed by atoms with Crippen molar-refractivity contribution in [2.45, 2.75) is 0 Å². The molecule has 0 bridgehead atoms. The summed E-state index contributed by atoms with van der Waals surface area (Å²) in [5, 5.41) is 5.23. The van der Waals surface area contributed by atoms with Crippen molar-refractivity contribution in [3.8, 4) is 5.75 Å². The fourth-order valence-electron chi connectivity index (χ4n) is 2.17. The maximum atomic E-state index is 12.0. The Hall–Kier alpha value is -2.92. The van der Waals surface area contributed by atoms with Crippen molar-refractivity contribution in [2.75, 3.05) is 7.11 Å². The van der Waals surface area contributed by atoms with Crippen molar-refractivity contribution in [1.82, 2.24) is 10.4 Å². The number of fused-ring (bicyclic) bond motifs is 1. The van der Waals surface area contributed by atoms with Gasteiger partial charge in [-0.3, -0.25) is 4.79 Å². The highest BCUT2D eigenvalue weighted by atomic mass is 35.5. The SMILES string of the molecule is COc1ccc(C(=O)N/N=C/c2cc3ccccc3nc2Cl)cc1. The highest BCUT2D eigenvalue weighted by molar-refractivity contribution is 6.32. The van der Waals surface area contributed by atoms with E-state index in [4.69, 9.17) is 16.3 Å². The fraction of sp³-hybridized carbons (Fsp3) is 0.0556. The maximum Gasteiger partial charge on any atom is 0.271 e. The minimum atomic E-state index is -0.321. The summed E-state index contributed by atoms with van der Waals surface area (Å²) in [7, 11) is 1.57. The molecule has 0 aliphatic heterocycles. The Morgan fingerprint density at radius 1 is 1.21 bits per heavy atom. The molecule has 5 nitrogen and oxygen atoms in total. The van der Waals surface area contributed by atoms with Gasteiger partial charge in [-0.05, 0) is 36.4 Å². The van der Waals surface area contributed by atoms with Crippen LogP contribution in [0.15, 0.2) is 59.7 Å². The van der Waals surface area contributed by atoms with Crippen LogP contribution in [0.2, 0.25) is 5.15 Å². The van der Waals surface area contributed by atoms with E-state index >= 15 is 0 Å². The molecule has 0 aliphatic rings. The number of hydrazone groups is 1. The van der Waals surface area contributed by atoms with Gasteiger partial charge in [0.05, 0.1) is 18.8 Å². The molecule has 3 aromatic rings. The molecule has 0 unspecified atom stereocenters. The molecular formula is C18H14ClN3O2. The molecule has 0 spiro atoms. The van der Waals surface area contributed by atoms with Crippen LogP contribution in [0.3, 0.4) is 0 Å². The van der Waals surface area contributed by atoms with E-state index in [0.29, 0.717) is 22.0 Å². The third-order valence-electron chi connectivity index (χ3n) is 3.43. The first-order valence-corrected chi connectivity index (χ1v) is 7.58. The minimum Gasteiger partial charge on any atom is -0.497 e. The summed E-state index contributed by atoms with van der Waals surface area (Å²) < 4.78 is 5.05. The molecule has 0 fully saturated rings. The molecule has 6 heteroatoms. The van der Waals surface area contributed by atoms with Gasteiger partial charge in [-0.25, -0.2) is 10.4 Å². The van der Waals surface area contributed by atoms with Crippen molar-refractivity contribution >= 4 is 34.6 Å². The number of hydrogen-bond acceptors (Lipinski definition) is 4. The standard InChI is InChI=1S/C18H14ClN3O2/c1-24-15-8-6-12(7-9-15)18(23)22-20-11-14-10-13-4-2-3-5-16(13)21-17(14)19/h2-11H,1H3,(H,22,23)/b20-11+. The van der Waals surface area contributed by atoms with E-state index in [9.17, 15) is 4.79 Å². The maximum absolute atomic E-state index is 12.0. The summed E-state index contributed by atoms with van der Waals surface area (Å²) in [6.45, 7) is 0. The van der Waals surface area contributed by atoms with Crippen LogP contribution < -0.4 is 10.2 Å². The molecule has 0 saturated heterocycles. The first kappa shape index (κ1) is 16.0. The number of benzene rings is 2. The Bertz CT molecular complexity index is 908. The number of carbonyl (C=O) groups is 1. The number of nitrogens with zero attached hydrogens (tertiary/aromatic N) is 2. The van der Waals surface area contributed by atoms with E-state index in [1.807, 2.05) is 30.3 Å². The zero-order valence-electron chi connectivity index (χ0n) is 12.9. The number of pyridine rings is 1. The van der Waals surface area contributed by atoms with E-state index in [1.165, 1.54) is 6.21 Å². The third kappa shape index (κ3) is 3.52. The summed E-state index contributed by atoms with van der Waals surface area (Å²) in [6.07, 6.45) is 1.48. The van der Waals surface area contributed by atoms with Gasteiger partial charge in [0.2, 0.25) is 0 Å². The number of hydrogen-bond donors (Lipinski definition) is 1. The van der Waals surface area contributed by atoms with Gasteiger partial charge >= 0.3 is 0 Å². The largest absolute Gasteiger partial charge is 0.497 e. The third-order valence-corrected chi connectivity index (χ3v) is 3.73. The van der Waals surface area contributed by atoms with E-state index in [0.717, 1.165) is 10.9 Å². The second-order valence-corrected chi connectivity index (χ2v) is 5.35. The molecule has 120 valence electrons. The number of rotatable bonds is 4. The molecule has 1 amide bonds. The van der Waals surface area contributed by atoms with E-state index < -0.39 is 0 Å². The zero-order valence-corrected chi connectivity index (χ0v) is 13.6. The Morgan fingerprint density at radius 2 is 1.96 bits per heavy atom. The molecule has 0 saturated carbocycles. The average Bonchev–Trinajstić information content (AvgIpc) is 2.62. The topological polar surface area (TPSA) is 63.6 Å². The summed E-state index contributed by atoms with van der Waals surface area (Å²) in [5.41, 5.74) is 4.38. The van der Waals surface area contributed by atoms with Gasteiger partial charge in [-0.1, -0.05) is 29.8 Å². The van der Waals surface area contributed by atoms with Gasteiger partial charge in [0.15, 0.2) is 0 Å². The second kappa shape index (κ2) is 7.10. The first-order valence-electron chi connectivity index (χ1n) is 7.20. The predicted molar refractivity (Wildman–Crippen MR) is 94.8 cm³/mol. The van der Waals surface area contributed by atoms with Gasteiger partial charge in [0.25, 0.3) is 5.91 Å². The molecule has 24 heavy (non-hydrogen) atoms. The number of aromatic nitrogens is 1. The smallest absolute Gasteiger partial charge is 0.271 e. The van der Waals surface area contributed by atoms with E-state index in [1.54, 1.807) is 31.4 Å². The number of carbonyl (C=O) groups excluding carboxylic acids is 1. The van der Waals surface area contributed by atoms with Crippen molar-refractivity contribution in [1.29, 1.82) is 0 Å². The highest BCUT2D eigenvalue weighted by Gasteiger charge is 2.05. The Balaban J connectivity index is 1.73. The first-order chi connectivity index (χ1) is 11.7. The molecule has 0 radical (unpaired) electrons. The summed E-state index contributed by atoms with van der Waals surface area (Å²) in [4.78, 5) is 16.3. The highest BCUT2D eigenvalue weighted by Crippen LogP contribution is 2.19. The molecule has 2 aromatic carbocycles. The molecule has 0 aliphatic carbocycles. The fourth-order valence-corrected chi connectivity index (χ4v) is 2.36. The van der Waals surface area contributed by atoms with Crippen LogP contribution in [0.25, 0.3) is 10.9 Å². The van der Waals surface area contributed by atoms with Gasteiger partial charge < -0.3 is 4.74 Å². The van der Waals surface area contributed by atoms with Crippen LogP contribution >= 0.6 is 11.6 Å². The number of para-hydroxylation sites is 1. The van der Waals surface area contributed by atoms with Crippen LogP contribution in [0.5, 0.6) is 5.75 Å². The monoisotopic (exact) mass is 339 g/mol. The second-order valence-electron chi connectivity index (χ2n) is 4.99. The Morgan fingerprint density at radius 3 is 2.71 bits per heavy atom. The van der Waals surface area contributed by atoms with Crippen LogP contribution in [-0.2, 0) is 0 Å². The lowest BCUT2D eigenvalue weighted by atomic mass is 10.2. The van der Waals surface area contributed by atoms with Gasteiger partial charge in [0, 0.05) is 16.5 Å². The molecule has 1 aromatic heterocycles. The van der Waals surface area contributed by atoms with Crippen LogP contribution in [0.1, 0.15) is 15.9 Å². The van der Waals surface area contributed by atoms with E-state index in [2.05, 4.69) is 15.5 Å². The predicted octanol–water partition coefficient (Wildman–Crippen LogP) is 3.66. The minimum absolute atomic E-state index is 0.321. The quantitative estimate of drug-likeness (QED) is 0.448. The number of nitrogens with one attached hydrogen (secondary N) is 1. The van der Waals surface area contributed by atoms with Crippen LogP contribution in [0, 0.1) is 0 Å². The average molecular weight is 340 g/mol. The Labute approximate surface area is 143 Å². The summed E-state index contributed by atoms with van der Waals surface area (Å²) in [6, 6.07) is 16.3. The van der Waals surface area contributed by atoms with Crippen molar-refractivity contribution < 1.29 is 9.53 Å². The Kier molecular flexibility index (Phi) is 4.72. The molecular weight excluding hydrogens is 326 g/mol. The van der Waals surface area contributed by atoms with Crippen molar-refractivity contribution in [3.05, 3.63) is 70.9 Å². The van der Waals surface area contributed by atoms with Gasteiger partial charge in [0.1, 0.15) is 10.9 Å². The van der Waals surface area contributed by atoms with Crippen molar-refractivity contribution in [2.24, 2.45) is 5.10 Å². The van der Waals surface area contributed by atoms with Crippen LogP contribution in [-0.4, -0.2) is 24.2 Å². The van der Waals surface area contributed by atoms with E-state index in [-0.39, 0.29) is 5.91 Å². The summed E-state index contributed by atoms with van der Waals surface area (Å²) >= 11 is 6.14. The number of amides is 1.